The molecule has 4 nitrogen and oxygen atoms in total. The summed E-state index contributed by atoms with van der Waals surface area (Å²) in [5, 5.41) is 3.16. The molecule has 0 aliphatic heterocycles. The molecule has 1 saturated carbocycles. The van der Waals surface area contributed by atoms with Crippen molar-refractivity contribution < 1.29 is 9.53 Å². The van der Waals surface area contributed by atoms with Gasteiger partial charge in [-0.3, -0.25) is 4.79 Å². The number of carbonyl (C=O) groups is 1. The third-order valence-corrected chi connectivity index (χ3v) is 3.99. The molecule has 2 unspecified atom stereocenters. The van der Waals surface area contributed by atoms with Crippen LogP contribution in [-0.4, -0.2) is 19.1 Å². The second kappa shape index (κ2) is 7.46. The number of methoxy groups -OCH3 is 1. The molecule has 0 heterocycles. The first kappa shape index (κ1) is 15.8. The van der Waals surface area contributed by atoms with Gasteiger partial charge >= 0.3 is 0 Å². The molecule has 1 aromatic rings. The maximum Gasteiger partial charge on any atom is 0.222 e. The van der Waals surface area contributed by atoms with Crippen LogP contribution in [0.4, 0.5) is 0 Å². The number of nitrogens with one attached hydrogen (secondary N) is 1. The Labute approximate surface area is 127 Å². The van der Waals surface area contributed by atoms with E-state index in [0.29, 0.717) is 12.3 Å². The molecule has 2 rings (SSSR count). The van der Waals surface area contributed by atoms with Crippen molar-refractivity contribution in [2.24, 2.45) is 11.7 Å². The monoisotopic (exact) mass is 290 g/mol. The smallest absolute Gasteiger partial charge is 0.222 e. The molecule has 116 valence electrons. The molecule has 1 aliphatic carbocycles. The molecule has 0 spiro atoms. The Kier molecular flexibility index (Phi) is 5.62. The van der Waals surface area contributed by atoms with Crippen molar-refractivity contribution in [1.82, 2.24) is 5.32 Å². The van der Waals surface area contributed by atoms with Crippen molar-refractivity contribution in [1.29, 1.82) is 0 Å². The Hall–Kier alpha value is -1.55. The fourth-order valence-electron chi connectivity index (χ4n) is 2.66. The molecule has 1 fully saturated rings. The minimum Gasteiger partial charge on any atom is -0.497 e. The van der Waals surface area contributed by atoms with E-state index in [-0.39, 0.29) is 18.0 Å². The molecule has 1 aliphatic rings. The molecule has 2 atom stereocenters. The topological polar surface area (TPSA) is 64.4 Å². The van der Waals surface area contributed by atoms with E-state index < -0.39 is 0 Å². The van der Waals surface area contributed by atoms with Gasteiger partial charge in [0.15, 0.2) is 0 Å². The molecule has 0 radical (unpaired) electrons. The predicted octanol–water partition coefficient (Wildman–Crippen LogP) is 2.78. The molecule has 1 aromatic carbocycles. The molecule has 21 heavy (non-hydrogen) atoms. The Bertz CT molecular complexity index is 454. The van der Waals surface area contributed by atoms with Crippen LogP contribution in [0.25, 0.3) is 0 Å². The number of rotatable bonds is 8. The molecular formula is C17H26N2O2. The number of hydrogen-bond acceptors (Lipinski definition) is 3. The summed E-state index contributed by atoms with van der Waals surface area (Å²) in [5.41, 5.74) is 7.10. The van der Waals surface area contributed by atoms with E-state index in [1.807, 2.05) is 24.3 Å². The van der Waals surface area contributed by atoms with Crippen LogP contribution in [0.15, 0.2) is 24.3 Å². The van der Waals surface area contributed by atoms with Gasteiger partial charge in [-0.2, -0.15) is 0 Å². The molecular weight excluding hydrogens is 264 g/mol. The van der Waals surface area contributed by atoms with E-state index >= 15 is 0 Å². The van der Waals surface area contributed by atoms with Crippen LogP contribution in [0.5, 0.6) is 5.75 Å². The summed E-state index contributed by atoms with van der Waals surface area (Å²) in [6, 6.07) is 8.03. The Morgan fingerprint density at radius 1 is 1.38 bits per heavy atom. The highest BCUT2D eigenvalue weighted by Gasteiger charge is 2.33. The summed E-state index contributed by atoms with van der Waals surface area (Å²) in [6.07, 6.45) is 4.67. The zero-order chi connectivity index (χ0) is 15.2. The fourth-order valence-corrected chi connectivity index (χ4v) is 2.66. The Morgan fingerprint density at radius 2 is 2.05 bits per heavy atom. The zero-order valence-corrected chi connectivity index (χ0v) is 13.0. The second-order valence-electron chi connectivity index (χ2n) is 5.91. The number of hydrogen-bond donors (Lipinski definition) is 2. The molecule has 0 bridgehead atoms. The van der Waals surface area contributed by atoms with Crippen molar-refractivity contribution in [3.63, 3.8) is 0 Å². The molecule has 0 aromatic heterocycles. The van der Waals surface area contributed by atoms with Crippen molar-refractivity contribution in [3.05, 3.63) is 29.8 Å². The van der Waals surface area contributed by atoms with Crippen LogP contribution in [-0.2, 0) is 4.79 Å². The minimum absolute atomic E-state index is 0.0364. The number of amides is 1. The highest BCUT2D eigenvalue weighted by molar-refractivity contribution is 5.77. The third kappa shape index (κ3) is 4.74. The summed E-state index contributed by atoms with van der Waals surface area (Å²) >= 11 is 0. The lowest BCUT2D eigenvalue weighted by molar-refractivity contribution is -0.122. The fraction of sp³-hybridized carbons (Fsp3) is 0.588. The number of carbonyl (C=O) groups excluding carboxylic acids is 1. The first-order valence-electron chi connectivity index (χ1n) is 7.83. The largest absolute Gasteiger partial charge is 0.497 e. The Balaban J connectivity index is 1.97. The van der Waals surface area contributed by atoms with Crippen molar-refractivity contribution in [2.75, 3.05) is 7.11 Å². The normalized spacial score (nSPS) is 17.1. The highest BCUT2D eigenvalue weighted by atomic mass is 16.5. The number of benzene rings is 1. The molecule has 3 N–H and O–H groups in total. The van der Waals surface area contributed by atoms with E-state index in [2.05, 4.69) is 12.2 Å². The van der Waals surface area contributed by atoms with Crippen LogP contribution in [0.3, 0.4) is 0 Å². The van der Waals surface area contributed by atoms with E-state index in [4.69, 9.17) is 10.5 Å². The number of ether oxygens (including phenoxy) is 1. The van der Waals surface area contributed by atoms with Crippen LogP contribution in [0.2, 0.25) is 0 Å². The summed E-state index contributed by atoms with van der Waals surface area (Å²) in [6.45, 7) is 2.09. The van der Waals surface area contributed by atoms with Gasteiger partial charge < -0.3 is 15.8 Å². The summed E-state index contributed by atoms with van der Waals surface area (Å²) in [4.78, 5) is 12.2. The van der Waals surface area contributed by atoms with Gasteiger partial charge in [-0.05, 0) is 42.9 Å². The first-order chi connectivity index (χ1) is 10.1. The van der Waals surface area contributed by atoms with E-state index in [0.717, 1.165) is 24.2 Å². The third-order valence-electron chi connectivity index (χ3n) is 3.99. The van der Waals surface area contributed by atoms with Gasteiger partial charge in [0.2, 0.25) is 5.91 Å². The summed E-state index contributed by atoms with van der Waals surface area (Å²) in [7, 11) is 1.66. The Morgan fingerprint density at radius 3 is 2.57 bits per heavy atom. The molecule has 1 amide bonds. The summed E-state index contributed by atoms with van der Waals surface area (Å²) in [5.74, 6) is 1.46. The van der Waals surface area contributed by atoms with Gasteiger partial charge in [-0.1, -0.05) is 25.5 Å². The van der Waals surface area contributed by atoms with Gasteiger partial charge in [0.05, 0.1) is 13.2 Å². The minimum atomic E-state index is -0.0364. The van der Waals surface area contributed by atoms with Crippen LogP contribution in [0, 0.1) is 5.92 Å². The van der Waals surface area contributed by atoms with Gasteiger partial charge in [0, 0.05) is 12.5 Å². The van der Waals surface area contributed by atoms with Crippen molar-refractivity contribution >= 4 is 5.91 Å². The van der Waals surface area contributed by atoms with Gasteiger partial charge in [0.25, 0.3) is 0 Å². The quantitative estimate of drug-likeness (QED) is 0.774. The zero-order valence-electron chi connectivity index (χ0n) is 13.0. The molecule has 0 saturated heterocycles. The van der Waals surface area contributed by atoms with Gasteiger partial charge in [0.1, 0.15) is 5.75 Å². The van der Waals surface area contributed by atoms with Crippen molar-refractivity contribution in [2.45, 2.75) is 51.1 Å². The van der Waals surface area contributed by atoms with E-state index in [1.165, 1.54) is 12.8 Å². The van der Waals surface area contributed by atoms with E-state index in [9.17, 15) is 4.79 Å². The number of nitrogens with two attached hydrogens (primary N) is 1. The van der Waals surface area contributed by atoms with Crippen LogP contribution < -0.4 is 15.8 Å². The SMILES string of the molecule is CCCC(N)CC(=O)NC(c1ccc(OC)cc1)C1CC1. The lowest BCUT2D eigenvalue weighted by Gasteiger charge is -2.20. The summed E-state index contributed by atoms with van der Waals surface area (Å²) < 4.78 is 5.18. The lowest BCUT2D eigenvalue weighted by Crippen LogP contribution is -2.34. The maximum absolute atomic E-state index is 12.2. The maximum atomic E-state index is 12.2. The standard InChI is InChI=1S/C17H26N2O2/c1-3-4-14(18)11-16(20)19-17(12-5-6-12)13-7-9-15(21-2)10-8-13/h7-10,12,14,17H,3-6,11,18H2,1-2H3,(H,19,20). The average molecular weight is 290 g/mol. The van der Waals surface area contributed by atoms with E-state index in [1.54, 1.807) is 7.11 Å². The van der Waals surface area contributed by atoms with Crippen molar-refractivity contribution in [3.8, 4) is 5.75 Å². The lowest BCUT2D eigenvalue weighted by atomic mass is 10.0. The first-order valence-corrected chi connectivity index (χ1v) is 7.83. The van der Waals surface area contributed by atoms with Gasteiger partial charge in [-0.25, -0.2) is 0 Å². The van der Waals surface area contributed by atoms with Gasteiger partial charge in [-0.15, -0.1) is 0 Å². The average Bonchev–Trinajstić information content (AvgIpc) is 3.29. The predicted molar refractivity (Wildman–Crippen MR) is 84.1 cm³/mol. The second-order valence-corrected chi connectivity index (χ2v) is 5.91. The van der Waals surface area contributed by atoms with Crippen LogP contribution in [0.1, 0.15) is 50.6 Å². The molecule has 4 heteroatoms. The van der Waals surface area contributed by atoms with Crippen LogP contribution >= 0.6 is 0 Å². The highest BCUT2D eigenvalue weighted by Crippen LogP contribution is 2.41.